The number of halogens is 3. The quantitative estimate of drug-likeness (QED) is 0.206. The molecule has 0 aromatic heterocycles. The largest absolute Gasteiger partial charge is 0.450 e. The first kappa shape index (κ1) is 27.2. The number of hydrogen-bond donors (Lipinski definition) is 0. The first-order chi connectivity index (χ1) is 18.8. The Balaban J connectivity index is 1.99. The molecule has 0 saturated carbocycles. The number of nitriles is 4. The summed E-state index contributed by atoms with van der Waals surface area (Å²) in [6, 6.07) is 22.9. The van der Waals surface area contributed by atoms with Gasteiger partial charge >= 0.3 is 0 Å². The van der Waals surface area contributed by atoms with Crippen LogP contribution in [-0.4, -0.2) is 0 Å². The van der Waals surface area contributed by atoms with E-state index in [2.05, 4.69) is 31.9 Å². The van der Waals surface area contributed by atoms with Crippen LogP contribution in [0.5, 0.6) is 34.5 Å². The molecular weight excluding hydrogens is 631 g/mol. The van der Waals surface area contributed by atoms with Crippen LogP contribution in [0.4, 0.5) is 4.39 Å². The van der Waals surface area contributed by atoms with Gasteiger partial charge in [-0.05, 0) is 105 Å². The molecule has 0 amide bonds. The van der Waals surface area contributed by atoms with Gasteiger partial charge in [-0.25, -0.2) is 4.39 Å². The van der Waals surface area contributed by atoms with E-state index < -0.39 is 22.7 Å². The van der Waals surface area contributed by atoms with Crippen molar-refractivity contribution in [1.82, 2.24) is 0 Å². The monoisotopic (exact) mass is 642 g/mol. The van der Waals surface area contributed by atoms with E-state index in [1.165, 1.54) is 48.5 Å². The highest BCUT2D eigenvalue weighted by atomic mass is 79.9. The van der Waals surface area contributed by atoms with E-state index in [1.807, 2.05) is 25.1 Å². The Morgan fingerprint density at radius 1 is 0.590 bits per heavy atom. The molecule has 0 atom stereocenters. The summed E-state index contributed by atoms with van der Waals surface area (Å²) in [6.07, 6.45) is 0. The molecule has 0 spiro atoms. The molecule has 0 saturated heterocycles. The van der Waals surface area contributed by atoms with Gasteiger partial charge in [0.05, 0.1) is 32.2 Å². The predicted octanol–water partition coefficient (Wildman–Crippen LogP) is 8.52. The van der Waals surface area contributed by atoms with Gasteiger partial charge in [-0.2, -0.15) is 21.0 Å². The Labute approximate surface area is 239 Å². The van der Waals surface area contributed by atoms with Crippen molar-refractivity contribution >= 4 is 31.9 Å². The first-order valence-corrected chi connectivity index (χ1v) is 12.6. The summed E-state index contributed by atoms with van der Waals surface area (Å²) in [6.45, 7) is 1.87. The minimum absolute atomic E-state index is 0.134. The summed E-state index contributed by atoms with van der Waals surface area (Å²) in [7, 11) is 0. The maximum Gasteiger partial charge on any atom is 0.216 e. The summed E-state index contributed by atoms with van der Waals surface area (Å²) in [5, 5.41) is 38.0. The Hall–Kier alpha value is -4.87. The number of rotatable bonds is 6. The van der Waals surface area contributed by atoms with Crippen LogP contribution in [0.25, 0.3) is 0 Å². The molecule has 0 fully saturated rings. The molecule has 0 aliphatic rings. The number of nitrogens with zero attached hydrogens (tertiary/aromatic N) is 4. The Kier molecular flexibility index (Phi) is 8.13. The normalized spacial score (nSPS) is 9.95. The van der Waals surface area contributed by atoms with Crippen molar-refractivity contribution in [2.45, 2.75) is 6.92 Å². The second kappa shape index (κ2) is 11.7. The SMILES string of the molecule is Cc1cc(Br)c(Oc2c(C#N)c(C#N)c(F)c(Oc3ccc(C#N)cc3)c2Oc2ccc(C#N)cc2)c(Br)c1. The lowest BCUT2D eigenvalue weighted by atomic mass is 10.1. The smallest absolute Gasteiger partial charge is 0.216 e. The van der Waals surface area contributed by atoms with Gasteiger partial charge in [-0.1, -0.05) is 0 Å². The van der Waals surface area contributed by atoms with Gasteiger partial charge < -0.3 is 14.2 Å². The van der Waals surface area contributed by atoms with E-state index in [4.69, 9.17) is 24.7 Å². The van der Waals surface area contributed by atoms with Crippen molar-refractivity contribution in [1.29, 1.82) is 21.0 Å². The molecule has 4 aromatic carbocycles. The molecule has 0 bridgehead atoms. The van der Waals surface area contributed by atoms with Crippen molar-refractivity contribution in [3.63, 3.8) is 0 Å². The summed E-state index contributed by atoms with van der Waals surface area (Å²) in [5.41, 5.74) is 0.599. The second-order valence-electron chi connectivity index (χ2n) is 7.91. The Morgan fingerprint density at radius 3 is 1.49 bits per heavy atom. The van der Waals surface area contributed by atoms with E-state index in [1.54, 1.807) is 18.2 Å². The van der Waals surface area contributed by atoms with Crippen molar-refractivity contribution in [3.05, 3.63) is 103 Å². The molecule has 0 heterocycles. The van der Waals surface area contributed by atoms with E-state index in [0.717, 1.165) is 5.56 Å². The fourth-order valence-electron chi connectivity index (χ4n) is 3.46. The van der Waals surface area contributed by atoms with E-state index in [0.29, 0.717) is 20.1 Å². The third kappa shape index (κ3) is 5.69. The summed E-state index contributed by atoms with van der Waals surface area (Å²) < 4.78 is 34.8. The molecule has 0 N–H and O–H groups in total. The van der Waals surface area contributed by atoms with Crippen LogP contribution >= 0.6 is 31.9 Å². The molecule has 188 valence electrons. The van der Waals surface area contributed by atoms with Gasteiger partial charge in [0.1, 0.15) is 34.8 Å². The molecular formula is C29H13Br2FN4O3. The van der Waals surface area contributed by atoms with Gasteiger partial charge in [0.25, 0.3) is 0 Å². The Morgan fingerprint density at radius 2 is 1.05 bits per heavy atom. The van der Waals surface area contributed by atoms with Crippen molar-refractivity contribution in [2.24, 2.45) is 0 Å². The van der Waals surface area contributed by atoms with Crippen LogP contribution in [0, 0.1) is 58.1 Å². The second-order valence-corrected chi connectivity index (χ2v) is 9.62. The van der Waals surface area contributed by atoms with Gasteiger partial charge in [0.15, 0.2) is 17.3 Å². The lowest BCUT2D eigenvalue weighted by Crippen LogP contribution is -2.04. The standard InChI is InChI=1S/C29H13Br2FN4O3/c1-16-10-23(30)27(24(31)11-16)39-26-22(15-36)21(14-35)25(32)28(37-19-6-2-17(12-33)3-7-19)29(26)38-20-8-4-18(13-34)5-9-20/h2-11H,1H3. The van der Waals surface area contributed by atoms with Crippen LogP contribution in [0.2, 0.25) is 0 Å². The molecule has 39 heavy (non-hydrogen) atoms. The van der Waals surface area contributed by atoms with Crippen LogP contribution in [0.15, 0.2) is 69.6 Å². The highest BCUT2D eigenvalue weighted by molar-refractivity contribution is 9.11. The van der Waals surface area contributed by atoms with Crippen LogP contribution in [0.1, 0.15) is 27.8 Å². The van der Waals surface area contributed by atoms with E-state index in [-0.39, 0.29) is 28.7 Å². The molecule has 0 unspecified atom stereocenters. The van der Waals surface area contributed by atoms with Crippen molar-refractivity contribution in [2.75, 3.05) is 0 Å². The number of hydrogen-bond acceptors (Lipinski definition) is 7. The highest BCUT2D eigenvalue weighted by Crippen LogP contribution is 2.51. The van der Waals surface area contributed by atoms with E-state index in [9.17, 15) is 10.5 Å². The zero-order chi connectivity index (χ0) is 28.1. The average Bonchev–Trinajstić information content (AvgIpc) is 2.93. The minimum atomic E-state index is -1.14. The van der Waals surface area contributed by atoms with Gasteiger partial charge in [-0.3, -0.25) is 0 Å². The van der Waals surface area contributed by atoms with Crippen molar-refractivity contribution in [3.8, 4) is 58.8 Å². The lowest BCUT2D eigenvalue weighted by molar-refractivity contribution is 0.367. The molecule has 4 rings (SSSR count). The number of aryl methyl sites for hydroxylation is 1. The average molecular weight is 644 g/mol. The van der Waals surface area contributed by atoms with Crippen LogP contribution in [-0.2, 0) is 0 Å². The predicted molar refractivity (Wildman–Crippen MR) is 145 cm³/mol. The number of ether oxygens (including phenoxy) is 3. The topological polar surface area (TPSA) is 123 Å². The number of benzene rings is 4. The summed E-state index contributed by atoms with van der Waals surface area (Å²) >= 11 is 6.88. The summed E-state index contributed by atoms with van der Waals surface area (Å²) in [5.74, 6) is -1.70. The minimum Gasteiger partial charge on any atom is -0.450 e. The first-order valence-electron chi connectivity index (χ1n) is 11.0. The molecule has 10 heteroatoms. The highest BCUT2D eigenvalue weighted by Gasteiger charge is 2.31. The zero-order valence-corrected chi connectivity index (χ0v) is 23.1. The Bertz CT molecular complexity index is 1740. The molecule has 0 aliphatic heterocycles. The van der Waals surface area contributed by atoms with Crippen LogP contribution in [0.3, 0.4) is 0 Å². The van der Waals surface area contributed by atoms with Gasteiger partial charge in [0.2, 0.25) is 11.5 Å². The van der Waals surface area contributed by atoms with Crippen molar-refractivity contribution < 1.29 is 18.6 Å². The molecule has 7 nitrogen and oxygen atoms in total. The zero-order valence-electron chi connectivity index (χ0n) is 19.9. The van der Waals surface area contributed by atoms with Gasteiger partial charge in [-0.15, -0.1) is 0 Å². The lowest BCUT2D eigenvalue weighted by Gasteiger charge is -2.20. The van der Waals surface area contributed by atoms with E-state index >= 15 is 4.39 Å². The fourth-order valence-corrected chi connectivity index (χ4v) is 5.04. The molecule has 0 aliphatic carbocycles. The molecule has 4 aromatic rings. The summed E-state index contributed by atoms with van der Waals surface area (Å²) in [4.78, 5) is 0. The molecule has 0 radical (unpaired) electrons. The maximum absolute atomic E-state index is 15.8. The fraction of sp³-hybridized carbons (Fsp3) is 0.0345. The maximum atomic E-state index is 15.8. The van der Waals surface area contributed by atoms with Crippen LogP contribution < -0.4 is 14.2 Å². The third-order valence-electron chi connectivity index (χ3n) is 5.29. The van der Waals surface area contributed by atoms with Gasteiger partial charge in [0, 0.05) is 0 Å². The third-order valence-corrected chi connectivity index (χ3v) is 6.46.